The number of aryl methyl sites for hydroxylation is 2. The van der Waals surface area contributed by atoms with Gasteiger partial charge < -0.3 is 5.32 Å². The Morgan fingerprint density at radius 2 is 1.81 bits per heavy atom. The van der Waals surface area contributed by atoms with Crippen LogP contribution in [0, 0.1) is 25.2 Å². The molecule has 1 aromatic heterocycles. The van der Waals surface area contributed by atoms with Gasteiger partial charge in [0.05, 0.1) is 10.2 Å². The summed E-state index contributed by atoms with van der Waals surface area (Å²) in [5.41, 5.74) is 2.95. The molecule has 1 N–H and O–H groups in total. The van der Waals surface area contributed by atoms with Gasteiger partial charge in [0.2, 0.25) is 0 Å². The lowest BCUT2D eigenvalue weighted by Crippen LogP contribution is -2.36. The van der Waals surface area contributed by atoms with Gasteiger partial charge in [0.25, 0.3) is 11.5 Å². The molecule has 5 nitrogen and oxygen atoms in total. The highest BCUT2D eigenvalue weighted by atomic mass is 79.9. The summed E-state index contributed by atoms with van der Waals surface area (Å²) in [6, 6.07) is 15.2. The number of hydrogen-bond donors (Lipinski definition) is 1. The van der Waals surface area contributed by atoms with E-state index >= 15 is 0 Å². The van der Waals surface area contributed by atoms with E-state index in [1.165, 1.54) is 4.57 Å². The first-order chi connectivity index (χ1) is 14.7. The van der Waals surface area contributed by atoms with Crippen LogP contribution >= 0.6 is 27.3 Å². The number of benzene rings is 2. The van der Waals surface area contributed by atoms with Gasteiger partial charge in [-0.25, -0.2) is 0 Å². The highest BCUT2D eigenvalue weighted by molar-refractivity contribution is 9.10. The Bertz CT molecular complexity index is 1360. The van der Waals surface area contributed by atoms with Crippen LogP contribution in [0.4, 0.5) is 0 Å². The van der Waals surface area contributed by atoms with Crippen LogP contribution in [0.5, 0.6) is 0 Å². The van der Waals surface area contributed by atoms with Crippen molar-refractivity contribution in [1.29, 1.82) is 5.26 Å². The molecule has 1 heterocycles. The van der Waals surface area contributed by atoms with Gasteiger partial charge in [-0.1, -0.05) is 52.3 Å². The SMILES string of the molecule is Cc1cccc(C)c1-n1c(=O)/c(=C/c2ccccc2Br)s/c1=C(\C#N)C(=O)NC(C)C. The number of carbonyl (C=O) groups is 1. The Morgan fingerprint density at radius 1 is 1.16 bits per heavy atom. The van der Waals surface area contributed by atoms with Crippen LogP contribution in [0.2, 0.25) is 0 Å². The average Bonchev–Trinajstić information content (AvgIpc) is 3.00. The molecule has 3 rings (SSSR count). The van der Waals surface area contributed by atoms with Gasteiger partial charge >= 0.3 is 0 Å². The molecule has 2 aromatic carbocycles. The Balaban J connectivity index is 2.47. The van der Waals surface area contributed by atoms with Crippen molar-refractivity contribution in [2.45, 2.75) is 33.7 Å². The smallest absolute Gasteiger partial charge is 0.273 e. The zero-order valence-corrected chi connectivity index (χ0v) is 20.1. The largest absolute Gasteiger partial charge is 0.349 e. The van der Waals surface area contributed by atoms with Crippen molar-refractivity contribution in [3.8, 4) is 11.8 Å². The quantitative estimate of drug-likeness (QED) is 0.603. The molecule has 7 heteroatoms. The molecule has 0 aliphatic heterocycles. The number of nitrogens with one attached hydrogen (secondary N) is 1. The molecule has 158 valence electrons. The summed E-state index contributed by atoms with van der Waals surface area (Å²) >= 11 is 4.65. The molecule has 0 spiro atoms. The van der Waals surface area contributed by atoms with E-state index in [9.17, 15) is 14.9 Å². The third kappa shape index (κ3) is 4.71. The van der Waals surface area contributed by atoms with Crippen LogP contribution < -0.4 is 20.1 Å². The first-order valence-electron chi connectivity index (χ1n) is 9.74. The fraction of sp³-hybridized carbons (Fsp3) is 0.208. The van der Waals surface area contributed by atoms with Gasteiger partial charge in [-0.05, 0) is 56.5 Å². The molecule has 0 saturated heterocycles. The minimum atomic E-state index is -0.494. The van der Waals surface area contributed by atoms with E-state index in [1.807, 2.05) is 76.2 Å². The van der Waals surface area contributed by atoms with Crippen LogP contribution in [0.1, 0.15) is 30.5 Å². The van der Waals surface area contributed by atoms with Gasteiger partial charge in [0.1, 0.15) is 10.7 Å². The lowest BCUT2D eigenvalue weighted by molar-refractivity contribution is -0.116. The maximum absolute atomic E-state index is 13.5. The molecule has 0 bridgehead atoms. The van der Waals surface area contributed by atoms with Crippen LogP contribution in [0.3, 0.4) is 0 Å². The molecule has 3 aromatic rings. The second-order valence-corrected chi connectivity index (χ2v) is 9.32. The van der Waals surface area contributed by atoms with E-state index < -0.39 is 5.91 Å². The summed E-state index contributed by atoms with van der Waals surface area (Å²) in [6.07, 6.45) is 1.78. The number of amides is 1. The van der Waals surface area contributed by atoms with Gasteiger partial charge in [-0.15, -0.1) is 11.3 Å². The van der Waals surface area contributed by atoms with Crippen molar-refractivity contribution < 1.29 is 4.79 Å². The van der Waals surface area contributed by atoms with E-state index in [0.29, 0.717) is 14.9 Å². The van der Waals surface area contributed by atoms with Crippen molar-refractivity contribution in [2.24, 2.45) is 0 Å². The number of nitrogens with zero attached hydrogens (tertiary/aromatic N) is 2. The maximum atomic E-state index is 13.5. The van der Waals surface area contributed by atoms with Gasteiger partial charge in [-0.3, -0.25) is 14.2 Å². The highest BCUT2D eigenvalue weighted by Gasteiger charge is 2.19. The zero-order chi connectivity index (χ0) is 22.7. The summed E-state index contributed by atoms with van der Waals surface area (Å²) in [4.78, 5) is 26.3. The van der Waals surface area contributed by atoms with Crippen LogP contribution in [0.15, 0.2) is 51.7 Å². The Morgan fingerprint density at radius 3 is 2.39 bits per heavy atom. The number of nitriles is 1. The summed E-state index contributed by atoms with van der Waals surface area (Å²) in [5, 5.41) is 12.6. The van der Waals surface area contributed by atoms with Gasteiger partial charge in [-0.2, -0.15) is 5.26 Å². The number of halogens is 1. The van der Waals surface area contributed by atoms with Crippen molar-refractivity contribution in [2.75, 3.05) is 0 Å². The summed E-state index contributed by atoms with van der Waals surface area (Å²) < 4.78 is 3.11. The van der Waals surface area contributed by atoms with Crippen LogP contribution in [-0.4, -0.2) is 16.5 Å². The normalized spacial score (nSPS) is 12.6. The fourth-order valence-corrected chi connectivity index (χ4v) is 4.75. The topological polar surface area (TPSA) is 74.9 Å². The number of hydrogen-bond acceptors (Lipinski definition) is 4. The van der Waals surface area contributed by atoms with Crippen molar-refractivity contribution >= 4 is 44.8 Å². The highest BCUT2D eigenvalue weighted by Crippen LogP contribution is 2.18. The molecular weight excluding hydrogens is 474 g/mol. The average molecular weight is 496 g/mol. The lowest BCUT2D eigenvalue weighted by Gasteiger charge is -2.11. The van der Waals surface area contributed by atoms with Gasteiger partial charge in [0, 0.05) is 10.5 Å². The fourth-order valence-electron chi connectivity index (χ4n) is 3.27. The second kappa shape index (κ2) is 9.46. The molecular formula is C24H22BrN3O2S. The number of rotatable bonds is 4. The van der Waals surface area contributed by atoms with Gasteiger partial charge in [0.15, 0.2) is 5.57 Å². The zero-order valence-electron chi connectivity index (χ0n) is 17.7. The molecule has 0 unspecified atom stereocenters. The molecule has 0 saturated carbocycles. The van der Waals surface area contributed by atoms with E-state index in [-0.39, 0.29) is 17.2 Å². The molecule has 0 aliphatic carbocycles. The van der Waals surface area contributed by atoms with E-state index in [2.05, 4.69) is 21.2 Å². The standard InChI is InChI=1S/C24H22BrN3O2S/c1-14(2)27-22(29)18(13-26)24-28(21-15(3)8-7-9-16(21)4)23(30)20(31-24)12-17-10-5-6-11-19(17)25/h5-12,14H,1-4H3,(H,27,29)/b20-12-,24-18+. The molecule has 0 fully saturated rings. The Kier molecular flexibility index (Phi) is 6.94. The third-order valence-electron chi connectivity index (χ3n) is 4.65. The maximum Gasteiger partial charge on any atom is 0.273 e. The summed E-state index contributed by atoms with van der Waals surface area (Å²) in [5.74, 6) is -0.494. The molecule has 0 aliphatic rings. The first-order valence-corrected chi connectivity index (χ1v) is 11.4. The lowest BCUT2D eigenvalue weighted by atomic mass is 10.1. The molecule has 0 atom stereocenters. The van der Waals surface area contributed by atoms with Crippen LogP contribution in [-0.2, 0) is 4.79 Å². The van der Waals surface area contributed by atoms with Crippen LogP contribution in [0.25, 0.3) is 17.3 Å². The van der Waals surface area contributed by atoms with E-state index in [4.69, 9.17) is 0 Å². The molecule has 31 heavy (non-hydrogen) atoms. The number of aromatic nitrogens is 1. The Labute approximate surface area is 193 Å². The molecule has 0 radical (unpaired) electrons. The minimum absolute atomic E-state index is 0.0785. The van der Waals surface area contributed by atoms with E-state index in [0.717, 1.165) is 32.5 Å². The first kappa shape index (κ1) is 22.7. The minimum Gasteiger partial charge on any atom is -0.349 e. The van der Waals surface area contributed by atoms with E-state index in [1.54, 1.807) is 6.08 Å². The summed E-state index contributed by atoms with van der Waals surface area (Å²) in [7, 11) is 0. The third-order valence-corrected chi connectivity index (χ3v) is 6.47. The van der Waals surface area contributed by atoms with Crippen molar-refractivity contribution in [1.82, 2.24) is 9.88 Å². The number of carbonyl (C=O) groups excluding carboxylic acids is 1. The second-order valence-electron chi connectivity index (χ2n) is 7.43. The Hall–Kier alpha value is -2.95. The predicted octanol–water partition coefficient (Wildman–Crippen LogP) is 3.31. The monoisotopic (exact) mass is 495 g/mol. The number of para-hydroxylation sites is 1. The van der Waals surface area contributed by atoms with Crippen molar-refractivity contribution in [3.63, 3.8) is 0 Å². The predicted molar refractivity (Wildman–Crippen MR) is 129 cm³/mol. The van der Waals surface area contributed by atoms with Crippen molar-refractivity contribution in [3.05, 3.63) is 83.2 Å². The molecule has 1 amide bonds. The summed E-state index contributed by atoms with van der Waals surface area (Å²) in [6.45, 7) is 7.47. The number of thiazole rings is 1.